The molecule has 0 heterocycles. The van der Waals surface area contributed by atoms with Crippen molar-refractivity contribution in [2.75, 3.05) is 13.2 Å². The van der Waals surface area contributed by atoms with E-state index in [1.165, 1.54) is 6.07 Å². The number of halogens is 2. The summed E-state index contributed by atoms with van der Waals surface area (Å²) in [6.45, 7) is 12.3. The number of nitrogens with one attached hydrogen (secondary N) is 3. The van der Waals surface area contributed by atoms with Crippen LogP contribution in [0.3, 0.4) is 0 Å². The number of carbonyl (C=O) groups excluding carboxylic acids is 1. The van der Waals surface area contributed by atoms with Crippen LogP contribution in [0.1, 0.15) is 56.1 Å². The van der Waals surface area contributed by atoms with Crippen LogP contribution in [-0.2, 0) is 13.1 Å². The minimum absolute atomic E-state index is 0.214. The molecule has 0 spiro atoms. The molecule has 0 radical (unpaired) electrons. The first-order chi connectivity index (χ1) is 16.7. The second-order valence-electron chi connectivity index (χ2n) is 9.07. The summed E-state index contributed by atoms with van der Waals surface area (Å²) < 4.78 is 20.4. The average molecular weight is 503 g/mol. The maximum absolute atomic E-state index is 14.5. The Morgan fingerprint density at radius 3 is 2.51 bits per heavy atom. The van der Waals surface area contributed by atoms with E-state index in [2.05, 4.69) is 48.9 Å². The summed E-state index contributed by atoms with van der Waals surface area (Å²) >= 11 is 6.15. The van der Waals surface area contributed by atoms with Gasteiger partial charge in [-0.25, -0.2) is 4.39 Å². The minimum Gasteiger partial charge on any atom is -0.493 e. The lowest BCUT2D eigenvalue weighted by atomic mass is 10.1. The first kappa shape index (κ1) is 28.3. The first-order valence-corrected chi connectivity index (χ1v) is 12.2. The lowest BCUT2D eigenvalue weighted by Crippen LogP contribution is -2.31. The molecule has 190 valence electrons. The molecule has 2 aromatic rings. The maximum Gasteiger partial charge on any atom is 0.256 e. The highest BCUT2D eigenvalue weighted by Gasteiger charge is 2.12. The van der Waals surface area contributed by atoms with E-state index in [0.29, 0.717) is 48.0 Å². The monoisotopic (exact) mass is 502 g/mol. The zero-order valence-electron chi connectivity index (χ0n) is 21.1. The summed E-state index contributed by atoms with van der Waals surface area (Å²) in [5.41, 5.74) is 4.53. The fourth-order valence-electron chi connectivity index (χ4n) is 3.07. The molecule has 0 aromatic heterocycles. The summed E-state index contributed by atoms with van der Waals surface area (Å²) in [6.07, 6.45) is 3.40. The molecule has 0 atom stereocenters. The van der Waals surface area contributed by atoms with E-state index in [9.17, 15) is 9.18 Å². The van der Waals surface area contributed by atoms with Crippen molar-refractivity contribution in [3.63, 3.8) is 0 Å². The Morgan fingerprint density at radius 1 is 1.09 bits per heavy atom. The Bertz CT molecular complexity index is 1040. The Hall–Kier alpha value is -2.90. The molecule has 0 fully saturated rings. The lowest BCUT2D eigenvalue weighted by molar-refractivity contribution is 0.0976. The van der Waals surface area contributed by atoms with Crippen LogP contribution in [0.5, 0.6) is 5.75 Å². The summed E-state index contributed by atoms with van der Waals surface area (Å²) in [7, 11) is 0. The molecule has 2 rings (SSSR count). The normalized spacial score (nSPS) is 12.0. The third-order valence-electron chi connectivity index (χ3n) is 4.81. The number of amides is 1. The largest absolute Gasteiger partial charge is 0.493 e. The van der Waals surface area contributed by atoms with Crippen molar-refractivity contribution in [2.45, 2.75) is 47.7 Å². The SMILES string of the molecule is C/C=C/C(=N\NCc1cc(Cl)ccc1OCC(C)C)NC(=O)c1ccc(CNCC(C)C)c(F)c1. The van der Waals surface area contributed by atoms with Gasteiger partial charge in [0, 0.05) is 28.3 Å². The smallest absolute Gasteiger partial charge is 0.256 e. The van der Waals surface area contributed by atoms with E-state index in [1.54, 1.807) is 30.4 Å². The Balaban J connectivity index is 2.04. The molecule has 35 heavy (non-hydrogen) atoms. The molecule has 0 aliphatic heterocycles. The summed E-state index contributed by atoms with van der Waals surface area (Å²) in [6, 6.07) is 9.90. The third-order valence-corrected chi connectivity index (χ3v) is 5.05. The molecule has 0 unspecified atom stereocenters. The summed E-state index contributed by atoms with van der Waals surface area (Å²) in [4.78, 5) is 12.7. The van der Waals surface area contributed by atoms with E-state index >= 15 is 0 Å². The van der Waals surface area contributed by atoms with Crippen molar-refractivity contribution in [1.82, 2.24) is 16.1 Å². The molecule has 1 amide bonds. The Labute approximate surface area is 213 Å². The average Bonchev–Trinajstić information content (AvgIpc) is 2.79. The quantitative estimate of drug-likeness (QED) is 0.198. The van der Waals surface area contributed by atoms with Gasteiger partial charge >= 0.3 is 0 Å². The van der Waals surface area contributed by atoms with Gasteiger partial charge in [0.05, 0.1) is 13.2 Å². The minimum atomic E-state index is -0.451. The highest BCUT2D eigenvalue weighted by atomic mass is 35.5. The van der Waals surface area contributed by atoms with Crippen molar-refractivity contribution in [1.29, 1.82) is 0 Å². The molecule has 2 aromatic carbocycles. The van der Waals surface area contributed by atoms with E-state index < -0.39 is 11.7 Å². The Kier molecular flexibility index (Phi) is 11.7. The third kappa shape index (κ3) is 10.1. The number of hydrogen-bond donors (Lipinski definition) is 3. The van der Waals surface area contributed by atoms with Gasteiger partial charge < -0.3 is 20.8 Å². The molecule has 6 nitrogen and oxygen atoms in total. The van der Waals surface area contributed by atoms with E-state index in [-0.39, 0.29) is 5.56 Å². The van der Waals surface area contributed by atoms with Crippen LogP contribution in [-0.4, -0.2) is 24.9 Å². The van der Waals surface area contributed by atoms with E-state index in [1.807, 2.05) is 19.1 Å². The van der Waals surface area contributed by atoms with Gasteiger partial charge in [-0.3, -0.25) is 4.79 Å². The van der Waals surface area contributed by atoms with Crippen LogP contribution in [0.25, 0.3) is 0 Å². The van der Waals surface area contributed by atoms with E-state index in [0.717, 1.165) is 17.9 Å². The van der Waals surface area contributed by atoms with Crippen LogP contribution < -0.4 is 20.8 Å². The zero-order chi connectivity index (χ0) is 25.8. The van der Waals surface area contributed by atoms with Crippen LogP contribution in [0.2, 0.25) is 5.02 Å². The van der Waals surface area contributed by atoms with Crippen LogP contribution >= 0.6 is 11.6 Å². The second kappa shape index (κ2) is 14.5. The number of hydrazone groups is 1. The molecule has 0 aliphatic carbocycles. The number of amidine groups is 1. The second-order valence-corrected chi connectivity index (χ2v) is 9.51. The van der Waals surface area contributed by atoms with Crippen molar-refractivity contribution >= 4 is 23.3 Å². The molecule has 0 saturated carbocycles. The first-order valence-electron chi connectivity index (χ1n) is 11.8. The lowest BCUT2D eigenvalue weighted by Gasteiger charge is -2.14. The summed E-state index contributed by atoms with van der Waals surface area (Å²) in [5.74, 6) is 1.00. The van der Waals surface area contributed by atoms with Gasteiger partial charge in [0.25, 0.3) is 5.91 Å². The van der Waals surface area contributed by atoms with Crippen molar-refractivity contribution in [2.24, 2.45) is 16.9 Å². The molecule has 0 saturated heterocycles. The van der Waals surface area contributed by atoms with Gasteiger partial charge in [-0.15, -0.1) is 0 Å². The van der Waals surface area contributed by atoms with Gasteiger partial charge in [-0.05, 0) is 61.7 Å². The predicted octanol–water partition coefficient (Wildman–Crippen LogP) is 5.67. The predicted molar refractivity (Wildman–Crippen MR) is 141 cm³/mol. The molecule has 8 heteroatoms. The fraction of sp³-hybridized carbons (Fsp3) is 0.407. The van der Waals surface area contributed by atoms with Gasteiger partial charge in [0.2, 0.25) is 0 Å². The number of nitrogens with zero attached hydrogens (tertiary/aromatic N) is 1. The standard InChI is InChI=1S/C27H36ClFN4O2/c1-6-7-26(33-31-16-22-12-23(28)10-11-25(22)35-17-19(4)5)32-27(34)20-8-9-21(24(29)13-20)15-30-14-18(2)3/h6-13,18-19,30-31H,14-17H2,1-5H3,(H,32,33,34)/b7-6+. The maximum atomic E-state index is 14.5. The van der Waals surface area contributed by atoms with Crippen LogP contribution in [0.4, 0.5) is 4.39 Å². The number of ether oxygens (including phenoxy) is 1. The topological polar surface area (TPSA) is 74.8 Å². The van der Waals surface area contributed by atoms with Crippen molar-refractivity contribution in [3.05, 3.63) is 76.1 Å². The number of rotatable bonds is 12. The molecule has 0 aliphatic rings. The van der Waals surface area contributed by atoms with Crippen LogP contribution in [0, 0.1) is 17.7 Å². The number of carbonyl (C=O) groups is 1. The fourth-order valence-corrected chi connectivity index (χ4v) is 3.27. The number of benzene rings is 2. The number of hydrogen-bond acceptors (Lipinski definition) is 5. The molecule has 3 N–H and O–H groups in total. The van der Waals surface area contributed by atoms with Crippen LogP contribution in [0.15, 0.2) is 53.7 Å². The molecule has 0 bridgehead atoms. The highest BCUT2D eigenvalue weighted by Crippen LogP contribution is 2.23. The van der Waals surface area contributed by atoms with Gasteiger partial charge in [0.15, 0.2) is 5.84 Å². The van der Waals surface area contributed by atoms with E-state index in [4.69, 9.17) is 16.3 Å². The van der Waals surface area contributed by atoms with Gasteiger partial charge in [-0.1, -0.05) is 51.4 Å². The van der Waals surface area contributed by atoms with Gasteiger partial charge in [-0.2, -0.15) is 5.10 Å². The molecular weight excluding hydrogens is 467 g/mol. The Morgan fingerprint density at radius 2 is 1.86 bits per heavy atom. The summed E-state index contributed by atoms with van der Waals surface area (Å²) in [5, 5.41) is 10.8. The number of allylic oxidation sites excluding steroid dienone is 1. The highest BCUT2D eigenvalue weighted by molar-refractivity contribution is 6.30. The van der Waals surface area contributed by atoms with Crippen molar-refractivity contribution in [3.8, 4) is 5.75 Å². The zero-order valence-corrected chi connectivity index (χ0v) is 21.9. The van der Waals surface area contributed by atoms with Crippen molar-refractivity contribution < 1.29 is 13.9 Å². The van der Waals surface area contributed by atoms with Gasteiger partial charge in [0.1, 0.15) is 11.6 Å². The molecular formula is C27H36ClFN4O2.